The lowest BCUT2D eigenvalue weighted by Gasteiger charge is -2.10. The van der Waals surface area contributed by atoms with Crippen molar-refractivity contribution in [1.82, 2.24) is 5.32 Å². The molecule has 0 aliphatic heterocycles. The van der Waals surface area contributed by atoms with Crippen molar-refractivity contribution in [3.05, 3.63) is 45.5 Å². The van der Waals surface area contributed by atoms with Crippen LogP contribution in [0.3, 0.4) is 0 Å². The third-order valence-corrected chi connectivity index (χ3v) is 4.96. The summed E-state index contributed by atoms with van der Waals surface area (Å²) < 4.78 is 14.5. The van der Waals surface area contributed by atoms with Gasteiger partial charge in [0.15, 0.2) is 0 Å². The maximum atomic E-state index is 13.5. The summed E-state index contributed by atoms with van der Waals surface area (Å²) in [6.45, 7) is 0.810. The van der Waals surface area contributed by atoms with E-state index in [1.165, 1.54) is 18.9 Å². The summed E-state index contributed by atoms with van der Waals surface area (Å²) in [5.41, 5.74) is 2.15. The van der Waals surface area contributed by atoms with E-state index in [1.54, 1.807) is 17.4 Å². The fourth-order valence-corrected chi connectivity index (χ4v) is 3.58. The molecule has 1 aliphatic rings. The summed E-state index contributed by atoms with van der Waals surface area (Å²) in [5, 5.41) is 5.50. The molecule has 1 fully saturated rings. The van der Waals surface area contributed by atoms with Crippen molar-refractivity contribution in [3.8, 4) is 10.4 Å². The molecular weight excluding hydrogens is 313 g/mol. The Morgan fingerprint density at radius 2 is 2.17 bits per heavy atom. The zero-order chi connectivity index (χ0) is 12.5. The van der Waals surface area contributed by atoms with E-state index in [1.807, 2.05) is 17.5 Å². The minimum absolute atomic E-state index is 0.180. The van der Waals surface area contributed by atoms with Crippen molar-refractivity contribution in [1.29, 1.82) is 0 Å². The van der Waals surface area contributed by atoms with Crippen LogP contribution < -0.4 is 5.32 Å². The number of rotatable bonds is 4. The van der Waals surface area contributed by atoms with Crippen molar-refractivity contribution in [2.75, 3.05) is 0 Å². The average molecular weight is 326 g/mol. The maximum absolute atomic E-state index is 13.5. The Balaban J connectivity index is 1.94. The van der Waals surface area contributed by atoms with E-state index >= 15 is 0 Å². The minimum atomic E-state index is -0.180. The molecule has 0 saturated heterocycles. The molecule has 1 nitrogen and oxygen atoms in total. The van der Waals surface area contributed by atoms with E-state index in [2.05, 4.69) is 21.2 Å². The molecule has 1 aromatic heterocycles. The molecule has 3 rings (SSSR count). The second-order valence-corrected chi connectivity index (χ2v) is 6.32. The fourth-order valence-electron chi connectivity index (χ4n) is 1.94. The second kappa shape index (κ2) is 5.11. The van der Waals surface area contributed by atoms with Gasteiger partial charge in [0.2, 0.25) is 0 Å². The summed E-state index contributed by atoms with van der Waals surface area (Å²) in [6, 6.07) is 7.71. The first-order valence-corrected chi connectivity index (χ1v) is 7.66. The highest BCUT2D eigenvalue weighted by Crippen LogP contribution is 2.36. The number of thiophene rings is 1. The lowest BCUT2D eigenvalue weighted by atomic mass is 10.1. The highest BCUT2D eigenvalue weighted by molar-refractivity contribution is 9.10. The van der Waals surface area contributed by atoms with Crippen LogP contribution in [0.2, 0.25) is 0 Å². The normalized spacial score (nSPS) is 15.0. The summed E-state index contributed by atoms with van der Waals surface area (Å²) in [6.07, 6.45) is 2.53. The predicted octanol–water partition coefficient (Wildman–Crippen LogP) is 4.57. The van der Waals surface area contributed by atoms with E-state index < -0.39 is 0 Å². The molecule has 94 valence electrons. The Bertz CT molecular complexity index is 563. The Kier molecular flexibility index (Phi) is 3.50. The molecule has 1 aliphatic carbocycles. The monoisotopic (exact) mass is 325 g/mol. The third-order valence-electron chi connectivity index (χ3n) is 3.09. The molecular formula is C14H13BrFNS. The molecule has 18 heavy (non-hydrogen) atoms. The van der Waals surface area contributed by atoms with Gasteiger partial charge in [0, 0.05) is 27.5 Å². The van der Waals surface area contributed by atoms with Crippen LogP contribution in [0, 0.1) is 5.82 Å². The first kappa shape index (κ1) is 12.3. The van der Waals surface area contributed by atoms with Crippen LogP contribution in [-0.4, -0.2) is 6.04 Å². The Morgan fingerprint density at radius 3 is 2.83 bits per heavy atom. The second-order valence-electron chi connectivity index (χ2n) is 4.55. The minimum Gasteiger partial charge on any atom is -0.310 e. The molecule has 0 radical (unpaired) electrons. The number of halogens is 2. The van der Waals surface area contributed by atoms with Gasteiger partial charge in [-0.1, -0.05) is 6.07 Å². The molecule has 2 aromatic rings. The summed E-state index contributed by atoms with van der Waals surface area (Å²) in [5.74, 6) is -0.180. The molecule has 0 unspecified atom stereocenters. The lowest BCUT2D eigenvalue weighted by molar-refractivity contribution is 0.625. The van der Waals surface area contributed by atoms with Crippen molar-refractivity contribution < 1.29 is 4.39 Å². The van der Waals surface area contributed by atoms with Gasteiger partial charge in [-0.3, -0.25) is 0 Å². The van der Waals surface area contributed by atoms with Gasteiger partial charge in [-0.15, -0.1) is 11.3 Å². The molecule has 0 spiro atoms. The quantitative estimate of drug-likeness (QED) is 0.868. The SMILES string of the molecule is Fc1ccc(CNC2CC2)c(-c2sccc2Br)c1. The van der Waals surface area contributed by atoms with E-state index in [4.69, 9.17) is 0 Å². The first-order chi connectivity index (χ1) is 8.74. The first-order valence-electron chi connectivity index (χ1n) is 5.99. The van der Waals surface area contributed by atoms with Gasteiger partial charge in [-0.2, -0.15) is 0 Å². The Morgan fingerprint density at radius 1 is 1.33 bits per heavy atom. The van der Waals surface area contributed by atoms with Gasteiger partial charge in [0.1, 0.15) is 5.82 Å². The highest BCUT2D eigenvalue weighted by Gasteiger charge is 2.21. The van der Waals surface area contributed by atoms with Crippen LogP contribution in [0.25, 0.3) is 10.4 Å². The fraction of sp³-hybridized carbons (Fsp3) is 0.286. The van der Waals surface area contributed by atoms with Gasteiger partial charge < -0.3 is 5.32 Å². The summed E-state index contributed by atoms with van der Waals surface area (Å²) in [7, 11) is 0. The number of hydrogen-bond acceptors (Lipinski definition) is 2. The number of hydrogen-bond donors (Lipinski definition) is 1. The van der Waals surface area contributed by atoms with Crippen LogP contribution in [0.15, 0.2) is 34.1 Å². The maximum Gasteiger partial charge on any atom is 0.123 e. The zero-order valence-electron chi connectivity index (χ0n) is 9.75. The number of nitrogens with one attached hydrogen (secondary N) is 1. The van der Waals surface area contributed by atoms with Crippen molar-refractivity contribution in [2.45, 2.75) is 25.4 Å². The molecule has 1 aromatic carbocycles. The third kappa shape index (κ3) is 2.66. The predicted molar refractivity (Wildman–Crippen MR) is 77.3 cm³/mol. The van der Waals surface area contributed by atoms with Crippen LogP contribution >= 0.6 is 27.3 Å². The van der Waals surface area contributed by atoms with Crippen molar-refractivity contribution in [3.63, 3.8) is 0 Å². The van der Waals surface area contributed by atoms with Crippen LogP contribution in [0.4, 0.5) is 4.39 Å². The van der Waals surface area contributed by atoms with Gasteiger partial charge in [0.05, 0.1) is 0 Å². The molecule has 1 saturated carbocycles. The lowest BCUT2D eigenvalue weighted by Crippen LogP contribution is -2.15. The Hall–Kier alpha value is -0.710. The van der Waals surface area contributed by atoms with Crippen molar-refractivity contribution in [2.24, 2.45) is 0 Å². The molecule has 1 heterocycles. The smallest absolute Gasteiger partial charge is 0.123 e. The van der Waals surface area contributed by atoms with Crippen LogP contribution in [-0.2, 0) is 6.54 Å². The zero-order valence-corrected chi connectivity index (χ0v) is 12.2. The van der Waals surface area contributed by atoms with Gasteiger partial charge >= 0.3 is 0 Å². The molecule has 0 bridgehead atoms. The molecule has 4 heteroatoms. The standard InChI is InChI=1S/C14H13BrFNS/c15-13-5-6-18-14(13)12-7-10(16)2-1-9(12)8-17-11-3-4-11/h1-2,5-7,11,17H,3-4,8H2. The number of benzene rings is 1. The van der Waals surface area contributed by atoms with Crippen LogP contribution in [0.5, 0.6) is 0 Å². The van der Waals surface area contributed by atoms with E-state index in [9.17, 15) is 4.39 Å². The topological polar surface area (TPSA) is 12.0 Å². The summed E-state index contributed by atoms with van der Waals surface area (Å²) >= 11 is 5.16. The molecule has 1 N–H and O–H groups in total. The van der Waals surface area contributed by atoms with Crippen molar-refractivity contribution >= 4 is 27.3 Å². The molecule has 0 amide bonds. The van der Waals surface area contributed by atoms with E-state index in [-0.39, 0.29) is 5.82 Å². The molecule has 0 atom stereocenters. The Labute approximate surface area is 118 Å². The largest absolute Gasteiger partial charge is 0.310 e. The summed E-state index contributed by atoms with van der Waals surface area (Å²) in [4.78, 5) is 1.10. The van der Waals surface area contributed by atoms with E-state index in [0.29, 0.717) is 6.04 Å². The van der Waals surface area contributed by atoms with E-state index in [0.717, 1.165) is 27.0 Å². The highest BCUT2D eigenvalue weighted by atomic mass is 79.9. The van der Waals surface area contributed by atoms with Gasteiger partial charge in [-0.05, 0) is 57.9 Å². The van der Waals surface area contributed by atoms with Gasteiger partial charge in [0.25, 0.3) is 0 Å². The van der Waals surface area contributed by atoms with Crippen LogP contribution in [0.1, 0.15) is 18.4 Å². The average Bonchev–Trinajstić information content (AvgIpc) is 3.09. The van der Waals surface area contributed by atoms with Gasteiger partial charge in [-0.25, -0.2) is 4.39 Å².